The molecule has 76 valence electrons. The van der Waals surface area contributed by atoms with Crippen molar-refractivity contribution in [2.24, 2.45) is 15.0 Å². The second-order valence-corrected chi connectivity index (χ2v) is 2.51. The highest BCUT2D eigenvalue weighted by Crippen LogP contribution is 2.33. The first kappa shape index (κ1) is 11.4. The SMILES string of the molecule is [CH]c1c(N=C=O)cc(N=C=O)cc1N=C=O. The van der Waals surface area contributed by atoms with Crippen molar-refractivity contribution >= 4 is 35.3 Å². The molecule has 0 saturated carbocycles. The fourth-order valence-electron chi connectivity index (χ4n) is 1.01. The Balaban J connectivity index is 3.55. The molecule has 6 nitrogen and oxygen atoms in total. The number of nitrogens with zero attached hydrogens (tertiary/aromatic N) is 3. The maximum Gasteiger partial charge on any atom is 0.240 e. The molecule has 2 radical (unpaired) electrons. The van der Waals surface area contributed by atoms with Crippen LogP contribution in [-0.4, -0.2) is 18.2 Å². The number of isocyanates is 3. The van der Waals surface area contributed by atoms with Crippen LogP contribution in [0.1, 0.15) is 5.56 Å². The van der Waals surface area contributed by atoms with Gasteiger partial charge in [-0.1, -0.05) is 0 Å². The quantitative estimate of drug-likeness (QED) is 0.564. The molecule has 16 heavy (non-hydrogen) atoms. The zero-order chi connectivity index (χ0) is 12.0. The van der Waals surface area contributed by atoms with Gasteiger partial charge in [0.15, 0.2) is 0 Å². The minimum absolute atomic E-state index is 0.00320. The van der Waals surface area contributed by atoms with E-state index < -0.39 is 0 Å². The van der Waals surface area contributed by atoms with E-state index in [4.69, 9.17) is 6.92 Å². The number of rotatable bonds is 3. The van der Waals surface area contributed by atoms with E-state index in [9.17, 15) is 14.4 Å². The molecule has 0 spiro atoms. The summed E-state index contributed by atoms with van der Waals surface area (Å²) in [4.78, 5) is 40.1. The molecule has 0 aliphatic carbocycles. The molecule has 0 heterocycles. The second kappa shape index (κ2) is 5.29. The Hall–Kier alpha value is -2.64. The van der Waals surface area contributed by atoms with Crippen LogP contribution in [0.15, 0.2) is 27.1 Å². The lowest BCUT2D eigenvalue weighted by molar-refractivity contribution is 0.565. The Kier molecular flexibility index (Phi) is 3.78. The molecule has 0 aromatic heterocycles. The van der Waals surface area contributed by atoms with E-state index in [0.717, 1.165) is 0 Å². The van der Waals surface area contributed by atoms with Crippen LogP contribution in [-0.2, 0) is 14.4 Å². The lowest BCUT2D eigenvalue weighted by atomic mass is 10.1. The molecule has 6 heteroatoms. The fraction of sp³-hybridized carbons (Fsp3) is 0. The molecule has 0 aliphatic heterocycles. The van der Waals surface area contributed by atoms with Crippen LogP contribution in [0.4, 0.5) is 17.1 Å². The molecular formula is C10H3N3O3. The van der Waals surface area contributed by atoms with Crippen molar-refractivity contribution in [1.29, 1.82) is 0 Å². The van der Waals surface area contributed by atoms with Gasteiger partial charge in [0.05, 0.1) is 17.1 Å². The van der Waals surface area contributed by atoms with Crippen LogP contribution < -0.4 is 0 Å². The monoisotopic (exact) mass is 213 g/mol. The van der Waals surface area contributed by atoms with Crippen LogP contribution in [0, 0.1) is 6.92 Å². The predicted octanol–water partition coefficient (Wildman–Crippen LogP) is 1.65. The largest absolute Gasteiger partial charge is 0.240 e. The average Bonchev–Trinajstić information content (AvgIpc) is 2.26. The first-order valence-electron chi connectivity index (χ1n) is 3.90. The minimum atomic E-state index is -0.00320. The average molecular weight is 213 g/mol. The highest BCUT2D eigenvalue weighted by molar-refractivity contribution is 5.73. The smallest absolute Gasteiger partial charge is 0.211 e. The molecule has 0 bridgehead atoms. The minimum Gasteiger partial charge on any atom is -0.211 e. The zero-order valence-electron chi connectivity index (χ0n) is 7.80. The second-order valence-electron chi connectivity index (χ2n) is 2.51. The van der Waals surface area contributed by atoms with E-state index in [1.807, 2.05) is 0 Å². The summed E-state index contributed by atoms with van der Waals surface area (Å²) in [5.74, 6) is 0. The molecule has 0 atom stereocenters. The molecule has 0 unspecified atom stereocenters. The lowest BCUT2D eigenvalue weighted by Gasteiger charge is -2.02. The summed E-state index contributed by atoms with van der Waals surface area (Å²) in [5, 5.41) is 0. The lowest BCUT2D eigenvalue weighted by Crippen LogP contribution is -1.77. The van der Waals surface area contributed by atoms with E-state index in [0.29, 0.717) is 0 Å². The van der Waals surface area contributed by atoms with Crippen LogP contribution in [0.25, 0.3) is 0 Å². The van der Waals surface area contributed by atoms with Gasteiger partial charge in [-0.3, -0.25) is 0 Å². The van der Waals surface area contributed by atoms with Gasteiger partial charge in [0, 0.05) is 12.5 Å². The molecule has 0 amide bonds. The maximum atomic E-state index is 10.1. The molecular weight excluding hydrogens is 210 g/mol. The van der Waals surface area contributed by atoms with Gasteiger partial charge in [0.25, 0.3) is 0 Å². The summed E-state index contributed by atoms with van der Waals surface area (Å²) in [6.45, 7) is 5.54. The highest BCUT2D eigenvalue weighted by Gasteiger charge is 2.06. The van der Waals surface area contributed by atoms with E-state index >= 15 is 0 Å². The summed E-state index contributed by atoms with van der Waals surface area (Å²) in [7, 11) is 0. The molecule has 0 aliphatic rings. The van der Waals surface area contributed by atoms with Gasteiger partial charge in [0.2, 0.25) is 18.2 Å². The molecule has 1 rings (SSSR count). The van der Waals surface area contributed by atoms with Crippen molar-refractivity contribution in [2.75, 3.05) is 0 Å². The first-order chi connectivity index (χ1) is 7.72. The zero-order valence-corrected chi connectivity index (χ0v) is 7.80. The van der Waals surface area contributed by atoms with Gasteiger partial charge in [-0.2, -0.15) is 15.0 Å². The summed E-state index contributed by atoms with van der Waals surface area (Å²) >= 11 is 0. The van der Waals surface area contributed by atoms with Crippen molar-refractivity contribution in [3.8, 4) is 0 Å². The Morgan fingerprint density at radius 2 is 1.31 bits per heavy atom. The van der Waals surface area contributed by atoms with E-state index in [1.54, 1.807) is 0 Å². The molecule has 0 fully saturated rings. The predicted molar refractivity (Wildman–Crippen MR) is 53.2 cm³/mol. The Morgan fingerprint density at radius 1 is 0.875 bits per heavy atom. The fourth-order valence-corrected chi connectivity index (χ4v) is 1.01. The van der Waals surface area contributed by atoms with Crippen molar-refractivity contribution < 1.29 is 14.4 Å². The highest BCUT2D eigenvalue weighted by atomic mass is 16.1. The number of carbonyl (C=O) groups excluding carboxylic acids is 3. The topological polar surface area (TPSA) is 88.3 Å². The molecule has 0 saturated heterocycles. The molecule has 0 N–H and O–H groups in total. The number of aliphatic imine (C=N–C) groups is 3. The molecule has 1 aromatic carbocycles. The van der Waals surface area contributed by atoms with E-state index in [-0.39, 0.29) is 22.6 Å². The van der Waals surface area contributed by atoms with Gasteiger partial charge in [-0.25, -0.2) is 14.4 Å². The van der Waals surface area contributed by atoms with E-state index in [1.165, 1.54) is 30.4 Å². The standard InChI is InChI=1S/C10H3N3O3/c1-7-9(12-5-15)2-8(11-4-14)3-10(7)13-6-16/h1-3H. The van der Waals surface area contributed by atoms with Gasteiger partial charge in [-0.05, 0) is 12.1 Å². The van der Waals surface area contributed by atoms with Gasteiger partial charge in [0.1, 0.15) is 0 Å². The number of hydrogen-bond donors (Lipinski definition) is 0. The molecule has 1 aromatic rings. The maximum absolute atomic E-state index is 10.1. The number of hydrogen-bond acceptors (Lipinski definition) is 6. The van der Waals surface area contributed by atoms with Crippen molar-refractivity contribution in [2.45, 2.75) is 0 Å². The van der Waals surface area contributed by atoms with E-state index in [2.05, 4.69) is 15.0 Å². The van der Waals surface area contributed by atoms with Crippen LogP contribution in [0.5, 0.6) is 0 Å². The van der Waals surface area contributed by atoms with Crippen LogP contribution in [0.3, 0.4) is 0 Å². The van der Waals surface area contributed by atoms with Crippen LogP contribution >= 0.6 is 0 Å². The van der Waals surface area contributed by atoms with Crippen molar-refractivity contribution in [3.63, 3.8) is 0 Å². The van der Waals surface area contributed by atoms with Gasteiger partial charge < -0.3 is 0 Å². The van der Waals surface area contributed by atoms with Crippen LogP contribution in [0.2, 0.25) is 0 Å². The van der Waals surface area contributed by atoms with Gasteiger partial charge >= 0.3 is 0 Å². The third-order valence-corrected chi connectivity index (χ3v) is 1.63. The summed E-state index contributed by atoms with van der Waals surface area (Å²) in [6, 6.07) is 2.52. The third-order valence-electron chi connectivity index (χ3n) is 1.63. The van der Waals surface area contributed by atoms with Crippen molar-refractivity contribution in [1.82, 2.24) is 0 Å². The summed E-state index contributed by atoms with van der Waals surface area (Å²) < 4.78 is 0. The normalized spacial score (nSPS) is 8.31. The Bertz CT molecular complexity index is 522. The van der Waals surface area contributed by atoms with Gasteiger partial charge in [-0.15, -0.1) is 0 Å². The third kappa shape index (κ3) is 2.44. The van der Waals surface area contributed by atoms with Crippen molar-refractivity contribution in [3.05, 3.63) is 24.6 Å². The summed E-state index contributed by atoms with van der Waals surface area (Å²) in [6.07, 6.45) is 3.85. The first-order valence-corrected chi connectivity index (χ1v) is 3.90. The Labute approximate surface area is 90.1 Å². The Morgan fingerprint density at radius 3 is 1.69 bits per heavy atom. The number of benzene rings is 1. The summed E-state index contributed by atoms with van der Waals surface area (Å²) in [5.41, 5.74) is 0.143.